The van der Waals surface area contributed by atoms with E-state index in [1.54, 1.807) is 21.3 Å². The predicted molar refractivity (Wildman–Crippen MR) is 87.3 cm³/mol. The van der Waals surface area contributed by atoms with E-state index in [4.69, 9.17) is 14.2 Å². The number of nitrogens with zero attached hydrogens (tertiary/aromatic N) is 5. The van der Waals surface area contributed by atoms with Crippen molar-refractivity contribution >= 4 is 5.91 Å². The summed E-state index contributed by atoms with van der Waals surface area (Å²) in [6.45, 7) is 1.20. The molecule has 1 amide bonds. The number of likely N-dealkylation sites (tertiary alicyclic amines) is 1. The SMILES string of the molecule is COCCCN1C(=O)[C@@H](n2cnnn2)[C@@H]1c1ccc(OC)c(OC)c1. The number of hydrogen-bond donors (Lipinski definition) is 0. The van der Waals surface area contributed by atoms with Gasteiger partial charge in [-0.3, -0.25) is 4.79 Å². The third-order valence-electron chi connectivity index (χ3n) is 4.32. The van der Waals surface area contributed by atoms with Gasteiger partial charge in [0.2, 0.25) is 0 Å². The summed E-state index contributed by atoms with van der Waals surface area (Å²) in [5.74, 6) is 1.25. The van der Waals surface area contributed by atoms with Crippen molar-refractivity contribution in [3.63, 3.8) is 0 Å². The Labute approximate surface area is 145 Å². The Morgan fingerprint density at radius 3 is 2.56 bits per heavy atom. The van der Waals surface area contributed by atoms with Gasteiger partial charge in [0.15, 0.2) is 17.5 Å². The summed E-state index contributed by atoms with van der Waals surface area (Å²) < 4.78 is 17.3. The molecule has 134 valence electrons. The second-order valence-electron chi connectivity index (χ2n) is 5.67. The molecule has 1 fully saturated rings. The lowest BCUT2D eigenvalue weighted by molar-refractivity contribution is -0.156. The minimum Gasteiger partial charge on any atom is -0.493 e. The highest BCUT2D eigenvalue weighted by molar-refractivity contribution is 5.88. The topological polar surface area (TPSA) is 91.6 Å². The Morgan fingerprint density at radius 2 is 1.92 bits per heavy atom. The molecule has 2 atom stereocenters. The molecule has 2 aromatic rings. The Kier molecular flexibility index (Phi) is 5.13. The van der Waals surface area contributed by atoms with E-state index in [0.29, 0.717) is 24.7 Å². The Balaban J connectivity index is 1.91. The lowest BCUT2D eigenvalue weighted by atomic mass is 9.88. The molecule has 0 saturated carbocycles. The van der Waals surface area contributed by atoms with Gasteiger partial charge in [0, 0.05) is 20.3 Å². The maximum Gasteiger partial charge on any atom is 0.250 e. The van der Waals surface area contributed by atoms with Gasteiger partial charge < -0.3 is 19.1 Å². The van der Waals surface area contributed by atoms with Crippen LogP contribution in [0.2, 0.25) is 0 Å². The van der Waals surface area contributed by atoms with Crippen molar-refractivity contribution < 1.29 is 19.0 Å². The minimum atomic E-state index is -0.462. The molecule has 0 spiro atoms. The van der Waals surface area contributed by atoms with Gasteiger partial charge >= 0.3 is 0 Å². The molecule has 1 aromatic heterocycles. The molecule has 3 rings (SSSR count). The van der Waals surface area contributed by atoms with Gasteiger partial charge in [0.1, 0.15) is 6.33 Å². The van der Waals surface area contributed by atoms with Crippen LogP contribution in [0.3, 0.4) is 0 Å². The molecule has 9 heteroatoms. The fourth-order valence-corrected chi connectivity index (χ4v) is 3.11. The molecular formula is C16H21N5O4. The zero-order valence-corrected chi connectivity index (χ0v) is 14.5. The highest BCUT2D eigenvalue weighted by atomic mass is 16.5. The van der Waals surface area contributed by atoms with Crippen molar-refractivity contribution in [3.8, 4) is 11.5 Å². The number of β-lactam (4-membered cyclic amide) rings is 1. The van der Waals surface area contributed by atoms with Gasteiger partial charge in [-0.05, 0) is 34.5 Å². The summed E-state index contributed by atoms with van der Waals surface area (Å²) in [4.78, 5) is 14.4. The van der Waals surface area contributed by atoms with Crippen LogP contribution in [0.1, 0.15) is 24.1 Å². The van der Waals surface area contributed by atoms with E-state index in [-0.39, 0.29) is 11.9 Å². The number of hydrogen-bond acceptors (Lipinski definition) is 7. The molecule has 2 heterocycles. The summed E-state index contributed by atoms with van der Waals surface area (Å²) in [6.07, 6.45) is 2.22. The van der Waals surface area contributed by atoms with Crippen LogP contribution in [-0.2, 0) is 9.53 Å². The van der Waals surface area contributed by atoms with E-state index < -0.39 is 6.04 Å². The molecule has 0 bridgehead atoms. The Morgan fingerprint density at radius 1 is 1.12 bits per heavy atom. The largest absolute Gasteiger partial charge is 0.493 e. The molecule has 1 aliphatic rings. The lowest BCUT2D eigenvalue weighted by Gasteiger charge is -2.47. The maximum absolute atomic E-state index is 12.6. The van der Waals surface area contributed by atoms with E-state index in [9.17, 15) is 4.79 Å². The number of benzene rings is 1. The molecular weight excluding hydrogens is 326 g/mol. The number of aromatic nitrogens is 4. The second kappa shape index (κ2) is 7.47. The normalized spacial score (nSPS) is 19.6. The minimum absolute atomic E-state index is 0.0109. The Bertz CT molecular complexity index is 721. The highest BCUT2D eigenvalue weighted by Gasteiger charge is 2.49. The van der Waals surface area contributed by atoms with Crippen LogP contribution in [0.25, 0.3) is 0 Å². The van der Waals surface area contributed by atoms with Gasteiger partial charge in [-0.1, -0.05) is 6.07 Å². The van der Waals surface area contributed by atoms with Crippen molar-refractivity contribution in [1.29, 1.82) is 0 Å². The van der Waals surface area contributed by atoms with Gasteiger partial charge in [0.25, 0.3) is 5.91 Å². The maximum atomic E-state index is 12.6. The fourth-order valence-electron chi connectivity index (χ4n) is 3.11. The molecule has 0 unspecified atom stereocenters. The number of methoxy groups -OCH3 is 3. The average molecular weight is 347 g/mol. The van der Waals surface area contributed by atoms with E-state index >= 15 is 0 Å². The van der Waals surface area contributed by atoms with Crippen molar-refractivity contribution in [2.75, 3.05) is 34.5 Å². The van der Waals surface area contributed by atoms with Gasteiger partial charge in [-0.2, -0.15) is 0 Å². The van der Waals surface area contributed by atoms with Gasteiger partial charge in [0.05, 0.1) is 20.3 Å². The third kappa shape index (κ3) is 3.14. The Hall–Kier alpha value is -2.68. The molecule has 1 aromatic carbocycles. The first-order valence-corrected chi connectivity index (χ1v) is 7.95. The molecule has 0 aliphatic carbocycles. The summed E-state index contributed by atoms with van der Waals surface area (Å²) in [6, 6.07) is 5.01. The smallest absolute Gasteiger partial charge is 0.250 e. The van der Waals surface area contributed by atoms with Crippen LogP contribution >= 0.6 is 0 Å². The number of tetrazole rings is 1. The van der Waals surface area contributed by atoms with Crippen LogP contribution in [-0.4, -0.2) is 65.5 Å². The number of ether oxygens (including phenoxy) is 3. The van der Waals surface area contributed by atoms with Gasteiger partial charge in [-0.25, -0.2) is 4.68 Å². The van der Waals surface area contributed by atoms with Crippen molar-refractivity contribution in [3.05, 3.63) is 30.1 Å². The fraction of sp³-hybridized carbons (Fsp3) is 0.500. The summed E-state index contributed by atoms with van der Waals surface area (Å²) in [5.41, 5.74) is 0.940. The third-order valence-corrected chi connectivity index (χ3v) is 4.32. The molecule has 1 saturated heterocycles. The van der Waals surface area contributed by atoms with Crippen molar-refractivity contribution in [1.82, 2.24) is 25.1 Å². The van der Waals surface area contributed by atoms with E-state index in [1.165, 1.54) is 11.0 Å². The van der Waals surface area contributed by atoms with E-state index in [2.05, 4.69) is 15.5 Å². The van der Waals surface area contributed by atoms with Crippen LogP contribution in [0.15, 0.2) is 24.5 Å². The van der Waals surface area contributed by atoms with E-state index in [0.717, 1.165) is 12.0 Å². The van der Waals surface area contributed by atoms with Crippen LogP contribution in [0.5, 0.6) is 11.5 Å². The molecule has 9 nitrogen and oxygen atoms in total. The van der Waals surface area contributed by atoms with E-state index in [1.807, 2.05) is 23.1 Å². The predicted octanol–water partition coefficient (Wildman–Crippen LogP) is 0.851. The second-order valence-corrected chi connectivity index (χ2v) is 5.67. The quantitative estimate of drug-likeness (QED) is 0.516. The first-order chi connectivity index (χ1) is 12.2. The number of rotatable bonds is 8. The van der Waals surface area contributed by atoms with Crippen molar-refractivity contribution in [2.45, 2.75) is 18.5 Å². The standard InChI is InChI=1S/C16H21N5O4/c1-23-8-4-7-20-14(15(16(20)22)21-10-17-18-19-21)11-5-6-12(24-2)13(9-11)25-3/h5-6,9-10,14-15H,4,7-8H2,1-3H3/t14-,15-/m0/s1. The lowest BCUT2D eigenvalue weighted by Crippen LogP contribution is -2.56. The summed E-state index contributed by atoms with van der Waals surface area (Å²) in [5, 5.41) is 11.2. The monoisotopic (exact) mass is 347 g/mol. The van der Waals surface area contributed by atoms with Crippen LogP contribution in [0, 0.1) is 0 Å². The number of carbonyl (C=O) groups is 1. The molecule has 0 N–H and O–H groups in total. The zero-order valence-electron chi connectivity index (χ0n) is 14.5. The first kappa shape index (κ1) is 17.2. The molecule has 1 aliphatic heterocycles. The van der Waals surface area contributed by atoms with Crippen molar-refractivity contribution in [2.24, 2.45) is 0 Å². The van der Waals surface area contributed by atoms with Crippen LogP contribution < -0.4 is 9.47 Å². The number of carbonyl (C=O) groups excluding carboxylic acids is 1. The summed E-state index contributed by atoms with van der Waals surface area (Å²) in [7, 11) is 4.82. The van der Waals surface area contributed by atoms with Gasteiger partial charge in [-0.15, -0.1) is 5.10 Å². The first-order valence-electron chi connectivity index (χ1n) is 7.95. The average Bonchev–Trinajstić information content (AvgIpc) is 3.16. The molecule has 25 heavy (non-hydrogen) atoms. The summed E-state index contributed by atoms with van der Waals surface area (Å²) >= 11 is 0. The number of amides is 1. The zero-order chi connectivity index (χ0) is 17.8. The van der Waals surface area contributed by atoms with Crippen LogP contribution in [0.4, 0.5) is 0 Å². The highest BCUT2D eigenvalue weighted by Crippen LogP contribution is 2.44. The molecule has 0 radical (unpaired) electrons.